The first-order valence-corrected chi connectivity index (χ1v) is 17.0. The minimum atomic E-state index is 0.350. The van der Waals surface area contributed by atoms with E-state index >= 15 is 0 Å². The number of rotatable bonds is 8. The van der Waals surface area contributed by atoms with Gasteiger partial charge >= 0.3 is 0 Å². The zero-order valence-corrected chi connectivity index (χ0v) is 27.6. The molecule has 49 heavy (non-hydrogen) atoms. The smallest absolute Gasteiger partial charge is 0.0540 e. The fourth-order valence-corrected chi connectivity index (χ4v) is 7.21. The Bertz CT molecular complexity index is 2270. The maximum absolute atomic E-state index is 3.40. The van der Waals surface area contributed by atoms with Gasteiger partial charge in [0.15, 0.2) is 0 Å². The first kappa shape index (κ1) is 30.2. The normalized spacial score (nSPS) is 14.0. The molecule has 0 aromatic heterocycles. The van der Waals surface area contributed by atoms with Crippen LogP contribution in [0.3, 0.4) is 0 Å². The lowest BCUT2D eigenvalue weighted by Gasteiger charge is -2.29. The van der Waals surface area contributed by atoms with E-state index in [4.69, 9.17) is 0 Å². The molecule has 8 rings (SSSR count). The molecule has 1 aliphatic carbocycles. The summed E-state index contributed by atoms with van der Waals surface area (Å²) in [4.78, 5) is 2.43. The lowest BCUT2D eigenvalue weighted by atomic mass is 9.87. The third kappa shape index (κ3) is 5.94. The fourth-order valence-electron chi connectivity index (χ4n) is 7.21. The SMILES string of the molecule is CNC1=CC=CCC1c1ccc(-c2ccccc2-c2ccccc2N(c2ccc(-c3ccccc3)cc2)c2cccc3ccccc23)cc1. The molecule has 2 heteroatoms. The largest absolute Gasteiger partial charge is 0.391 e. The standard InChI is InChI=1S/C47H38N2/c1-48-45-23-11-9-19-41(45)38-28-26-37(27-29-38)40-18-7-8-21-43(40)44-22-10-12-24-47(44)49(46-25-13-17-36-16-5-6-20-42(36)46)39-32-30-35(31-33-39)34-14-3-2-4-15-34/h2-18,20-33,41,48H,19H2,1H3. The van der Waals surface area contributed by atoms with Crippen LogP contribution in [0.2, 0.25) is 0 Å². The van der Waals surface area contributed by atoms with Crippen molar-refractivity contribution < 1.29 is 0 Å². The number of nitrogens with one attached hydrogen (secondary N) is 1. The van der Waals surface area contributed by atoms with Crippen LogP contribution in [0.1, 0.15) is 17.9 Å². The maximum Gasteiger partial charge on any atom is 0.0540 e. The van der Waals surface area contributed by atoms with Gasteiger partial charge in [0.25, 0.3) is 0 Å². The van der Waals surface area contributed by atoms with Crippen molar-refractivity contribution in [3.05, 3.63) is 199 Å². The molecule has 2 nitrogen and oxygen atoms in total. The van der Waals surface area contributed by atoms with Crippen LogP contribution in [-0.2, 0) is 0 Å². The molecule has 7 aromatic carbocycles. The van der Waals surface area contributed by atoms with E-state index in [1.165, 1.54) is 55.4 Å². The quantitative estimate of drug-likeness (QED) is 0.180. The molecule has 0 spiro atoms. The van der Waals surface area contributed by atoms with Crippen LogP contribution in [0, 0.1) is 0 Å². The van der Waals surface area contributed by atoms with Crippen molar-refractivity contribution in [3.8, 4) is 33.4 Å². The van der Waals surface area contributed by atoms with Gasteiger partial charge in [-0.2, -0.15) is 0 Å². The summed E-state index contributed by atoms with van der Waals surface area (Å²) >= 11 is 0. The van der Waals surface area contributed by atoms with Crippen molar-refractivity contribution in [3.63, 3.8) is 0 Å². The van der Waals surface area contributed by atoms with Crippen LogP contribution in [0.25, 0.3) is 44.2 Å². The molecule has 236 valence electrons. The van der Waals surface area contributed by atoms with E-state index in [0.717, 1.165) is 23.5 Å². The van der Waals surface area contributed by atoms with Crippen LogP contribution in [0.4, 0.5) is 17.1 Å². The topological polar surface area (TPSA) is 15.3 Å². The molecule has 0 radical (unpaired) electrons. The van der Waals surface area contributed by atoms with E-state index < -0.39 is 0 Å². The first-order valence-electron chi connectivity index (χ1n) is 17.0. The second-order valence-electron chi connectivity index (χ2n) is 12.5. The molecule has 0 amide bonds. The van der Waals surface area contributed by atoms with Crippen molar-refractivity contribution in [1.82, 2.24) is 5.32 Å². The van der Waals surface area contributed by atoms with Gasteiger partial charge < -0.3 is 10.2 Å². The molecule has 0 bridgehead atoms. The molecule has 1 N–H and O–H groups in total. The van der Waals surface area contributed by atoms with Gasteiger partial charge in [0.2, 0.25) is 0 Å². The van der Waals surface area contributed by atoms with Crippen LogP contribution in [-0.4, -0.2) is 7.05 Å². The van der Waals surface area contributed by atoms with Gasteiger partial charge in [-0.25, -0.2) is 0 Å². The molecule has 0 saturated carbocycles. The van der Waals surface area contributed by atoms with Crippen LogP contribution in [0.5, 0.6) is 0 Å². The Labute approximate surface area is 289 Å². The number of benzene rings is 7. The van der Waals surface area contributed by atoms with Crippen LogP contribution in [0.15, 0.2) is 194 Å². The minimum absolute atomic E-state index is 0.350. The number of para-hydroxylation sites is 1. The van der Waals surface area contributed by atoms with Crippen molar-refractivity contribution in [2.75, 3.05) is 11.9 Å². The number of anilines is 3. The lowest BCUT2D eigenvalue weighted by molar-refractivity contribution is 0.728. The third-order valence-corrected chi connectivity index (χ3v) is 9.67. The Morgan fingerprint density at radius 2 is 1.12 bits per heavy atom. The Morgan fingerprint density at radius 1 is 0.510 bits per heavy atom. The molecular formula is C47H38N2. The first-order chi connectivity index (χ1) is 24.3. The molecule has 0 fully saturated rings. The van der Waals surface area contributed by atoms with Gasteiger partial charge in [0.05, 0.1) is 11.4 Å². The Balaban J connectivity index is 1.26. The molecule has 0 heterocycles. The summed E-state index contributed by atoms with van der Waals surface area (Å²) in [6.45, 7) is 0. The highest BCUT2D eigenvalue weighted by Crippen LogP contribution is 2.45. The highest BCUT2D eigenvalue weighted by molar-refractivity contribution is 6.02. The van der Waals surface area contributed by atoms with Gasteiger partial charge in [0, 0.05) is 35.3 Å². The van der Waals surface area contributed by atoms with Gasteiger partial charge in [-0.05, 0) is 75.5 Å². The molecule has 0 saturated heterocycles. The summed E-state index contributed by atoms with van der Waals surface area (Å²) < 4.78 is 0. The van der Waals surface area contributed by atoms with Crippen LogP contribution >= 0.6 is 0 Å². The lowest BCUT2D eigenvalue weighted by Crippen LogP contribution is -2.16. The number of hydrogen-bond donors (Lipinski definition) is 1. The maximum atomic E-state index is 3.40. The summed E-state index contributed by atoms with van der Waals surface area (Å²) in [7, 11) is 2.01. The number of fused-ring (bicyclic) bond motifs is 1. The number of hydrogen-bond acceptors (Lipinski definition) is 2. The number of allylic oxidation sites excluding steroid dienone is 4. The van der Waals surface area contributed by atoms with E-state index in [2.05, 4.69) is 198 Å². The van der Waals surface area contributed by atoms with Crippen LogP contribution < -0.4 is 10.2 Å². The third-order valence-electron chi connectivity index (χ3n) is 9.67. The summed E-state index contributed by atoms with van der Waals surface area (Å²) in [6, 6.07) is 61.6. The highest BCUT2D eigenvalue weighted by Gasteiger charge is 2.21. The summed E-state index contributed by atoms with van der Waals surface area (Å²) in [6.07, 6.45) is 7.59. The van der Waals surface area contributed by atoms with Crippen molar-refractivity contribution in [2.24, 2.45) is 0 Å². The second-order valence-corrected chi connectivity index (χ2v) is 12.5. The van der Waals surface area contributed by atoms with E-state index in [0.29, 0.717) is 5.92 Å². The average Bonchev–Trinajstić information content (AvgIpc) is 3.19. The highest BCUT2D eigenvalue weighted by atomic mass is 15.1. The molecule has 1 unspecified atom stereocenters. The van der Waals surface area contributed by atoms with Gasteiger partial charge in [0.1, 0.15) is 0 Å². The summed E-state index contributed by atoms with van der Waals surface area (Å²) in [5, 5.41) is 5.83. The summed E-state index contributed by atoms with van der Waals surface area (Å²) in [5.41, 5.74) is 13.2. The minimum Gasteiger partial charge on any atom is -0.391 e. The van der Waals surface area contributed by atoms with E-state index in [1.807, 2.05) is 7.05 Å². The Kier molecular flexibility index (Phi) is 8.36. The predicted octanol–water partition coefficient (Wildman–Crippen LogP) is 12.5. The second kappa shape index (κ2) is 13.5. The monoisotopic (exact) mass is 630 g/mol. The van der Waals surface area contributed by atoms with Gasteiger partial charge in [-0.15, -0.1) is 0 Å². The summed E-state index contributed by atoms with van der Waals surface area (Å²) in [5.74, 6) is 0.350. The molecule has 1 aliphatic rings. The zero-order valence-electron chi connectivity index (χ0n) is 27.6. The molecule has 7 aromatic rings. The van der Waals surface area contributed by atoms with Gasteiger partial charge in [-0.3, -0.25) is 0 Å². The van der Waals surface area contributed by atoms with E-state index in [-0.39, 0.29) is 0 Å². The van der Waals surface area contributed by atoms with E-state index in [1.54, 1.807) is 0 Å². The molecule has 1 atom stereocenters. The number of likely N-dealkylation sites (N-methyl/N-ethyl adjacent to an activating group) is 1. The Hall–Kier alpha value is -6.12. The fraction of sp³-hybridized carbons (Fsp3) is 0.0638. The van der Waals surface area contributed by atoms with Gasteiger partial charge in [-0.1, -0.05) is 158 Å². The van der Waals surface area contributed by atoms with Crippen molar-refractivity contribution in [2.45, 2.75) is 12.3 Å². The predicted molar refractivity (Wildman–Crippen MR) is 209 cm³/mol. The van der Waals surface area contributed by atoms with E-state index in [9.17, 15) is 0 Å². The Morgan fingerprint density at radius 3 is 1.92 bits per heavy atom. The number of nitrogens with zero attached hydrogens (tertiary/aromatic N) is 1. The molecule has 0 aliphatic heterocycles. The zero-order chi connectivity index (χ0) is 33.0. The average molecular weight is 631 g/mol. The molecular weight excluding hydrogens is 593 g/mol. The van der Waals surface area contributed by atoms with Crippen molar-refractivity contribution in [1.29, 1.82) is 0 Å². The van der Waals surface area contributed by atoms with Crippen molar-refractivity contribution >= 4 is 27.8 Å².